The minimum Gasteiger partial charge on any atom is -0.311 e. The SMILES string of the molecule is CSC1(CNCc2ccc(C)cc2)CC1. The van der Waals surface area contributed by atoms with Crippen molar-refractivity contribution in [2.75, 3.05) is 12.8 Å². The lowest BCUT2D eigenvalue weighted by Crippen LogP contribution is -2.25. The van der Waals surface area contributed by atoms with Crippen LogP contribution in [0, 0.1) is 6.92 Å². The van der Waals surface area contributed by atoms with E-state index < -0.39 is 0 Å². The first kappa shape index (κ1) is 11.0. The Morgan fingerprint density at radius 3 is 2.47 bits per heavy atom. The Bertz CT molecular complexity index is 314. The van der Waals surface area contributed by atoms with Crippen molar-refractivity contribution in [3.05, 3.63) is 35.4 Å². The Labute approximate surface area is 96.7 Å². The van der Waals surface area contributed by atoms with E-state index in [0.29, 0.717) is 4.75 Å². The van der Waals surface area contributed by atoms with E-state index in [-0.39, 0.29) is 0 Å². The molecule has 1 aliphatic carbocycles. The summed E-state index contributed by atoms with van der Waals surface area (Å²) < 4.78 is 0.574. The van der Waals surface area contributed by atoms with Crippen LogP contribution in [0.15, 0.2) is 24.3 Å². The Kier molecular flexibility index (Phi) is 3.37. The van der Waals surface area contributed by atoms with Gasteiger partial charge in [-0.15, -0.1) is 0 Å². The Morgan fingerprint density at radius 1 is 1.27 bits per heavy atom. The highest BCUT2D eigenvalue weighted by atomic mass is 32.2. The van der Waals surface area contributed by atoms with E-state index in [2.05, 4.69) is 42.8 Å². The van der Waals surface area contributed by atoms with Gasteiger partial charge in [-0.3, -0.25) is 0 Å². The molecule has 0 bridgehead atoms. The van der Waals surface area contributed by atoms with E-state index in [9.17, 15) is 0 Å². The van der Waals surface area contributed by atoms with Crippen LogP contribution < -0.4 is 5.32 Å². The number of rotatable bonds is 5. The van der Waals surface area contributed by atoms with Gasteiger partial charge in [-0.25, -0.2) is 0 Å². The van der Waals surface area contributed by atoms with Crippen LogP contribution in [-0.4, -0.2) is 17.5 Å². The van der Waals surface area contributed by atoms with Crippen LogP contribution in [0.3, 0.4) is 0 Å². The van der Waals surface area contributed by atoms with Gasteiger partial charge in [0.1, 0.15) is 0 Å². The number of nitrogens with one attached hydrogen (secondary N) is 1. The number of thioether (sulfide) groups is 1. The molecule has 1 N–H and O–H groups in total. The van der Waals surface area contributed by atoms with Crippen LogP contribution in [0.25, 0.3) is 0 Å². The van der Waals surface area contributed by atoms with Gasteiger partial charge in [0.2, 0.25) is 0 Å². The molecule has 0 heterocycles. The third-order valence-electron chi connectivity index (χ3n) is 3.14. The summed E-state index contributed by atoms with van der Waals surface area (Å²) in [5.41, 5.74) is 2.72. The molecule has 15 heavy (non-hydrogen) atoms. The lowest BCUT2D eigenvalue weighted by molar-refractivity contribution is 0.663. The van der Waals surface area contributed by atoms with E-state index in [4.69, 9.17) is 0 Å². The maximum absolute atomic E-state index is 3.55. The predicted molar refractivity (Wildman–Crippen MR) is 68.4 cm³/mol. The molecule has 1 aromatic rings. The van der Waals surface area contributed by atoms with Gasteiger partial charge < -0.3 is 5.32 Å². The molecule has 0 aromatic heterocycles. The minimum atomic E-state index is 0.574. The quantitative estimate of drug-likeness (QED) is 0.820. The van der Waals surface area contributed by atoms with Crippen molar-refractivity contribution in [3.63, 3.8) is 0 Å². The fourth-order valence-corrected chi connectivity index (χ4v) is 2.49. The highest BCUT2D eigenvalue weighted by Crippen LogP contribution is 2.46. The molecule has 1 fully saturated rings. The maximum Gasteiger partial charge on any atom is 0.0282 e. The predicted octanol–water partition coefficient (Wildman–Crippen LogP) is 2.98. The molecular weight excluding hydrogens is 202 g/mol. The van der Waals surface area contributed by atoms with Crippen molar-refractivity contribution in [1.29, 1.82) is 0 Å². The van der Waals surface area contributed by atoms with Gasteiger partial charge in [0.15, 0.2) is 0 Å². The molecule has 82 valence electrons. The van der Waals surface area contributed by atoms with Crippen LogP contribution in [0.4, 0.5) is 0 Å². The first-order valence-corrected chi connectivity index (χ1v) is 6.78. The zero-order chi connectivity index (χ0) is 10.7. The zero-order valence-corrected chi connectivity index (χ0v) is 10.4. The van der Waals surface area contributed by atoms with E-state index in [1.807, 2.05) is 11.8 Å². The summed E-state index contributed by atoms with van der Waals surface area (Å²) in [6.07, 6.45) is 4.99. The third-order valence-corrected chi connectivity index (χ3v) is 4.56. The molecule has 0 radical (unpaired) electrons. The van der Waals surface area contributed by atoms with Crippen LogP contribution in [0.2, 0.25) is 0 Å². The van der Waals surface area contributed by atoms with Gasteiger partial charge in [0.25, 0.3) is 0 Å². The zero-order valence-electron chi connectivity index (χ0n) is 9.55. The number of aryl methyl sites for hydroxylation is 1. The highest BCUT2D eigenvalue weighted by Gasteiger charge is 2.41. The summed E-state index contributed by atoms with van der Waals surface area (Å²) in [7, 11) is 0. The molecule has 0 amide bonds. The van der Waals surface area contributed by atoms with E-state index >= 15 is 0 Å². The second kappa shape index (κ2) is 4.58. The Morgan fingerprint density at radius 2 is 1.93 bits per heavy atom. The molecule has 2 rings (SSSR count). The highest BCUT2D eigenvalue weighted by molar-refractivity contribution is 8.00. The largest absolute Gasteiger partial charge is 0.311 e. The average molecular weight is 221 g/mol. The van der Waals surface area contributed by atoms with Crippen molar-refractivity contribution in [2.45, 2.75) is 31.1 Å². The first-order valence-electron chi connectivity index (χ1n) is 5.56. The van der Waals surface area contributed by atoms with E-state index in [1.165, 1.54) is 24.0 Å². The molecular formula is C13H19NS. The van der Waals surface area contributed by atoms with Crippen LogP contribution in [-0.2, 0) is 6.54 Å². The molecule has 1 saturated carbocycles. The van der Waals surface area contributed by atoms with Gasteiger partial charge in [-0.2, -0.15) is 11.8 Å². The second-order valence-electron chi connectivity index (χ2n) is 4.48. The summed E-state index contributed by atoms with van der Waals surface area (Å²) in [6.45, 7) is 4.29. The van der Waals surface area contributed by atoms with Crippen LogP contribution in [0.1, 0.15) is 24.0 Å². The average Bonchev–Trinajstić information content (AvgIpc) is 3.02. The normalized spacial score (nSPS) is 17.7. The summed E-state index contributed by atoms with van der Waals surface area (Å²) in [4.78, 5) is 0. The maximum atomic E-state index is 3.55. The summed E-state index contributed by atoms with van der Waals surface area (Å²) >= 11 is 2.01. The lowest BCUT2D eigenvalue weighted by Gasteiger charge is -2.12. The molecule has 1 aromatic carbocycles. The molecule has 0 unspecified atom stereocenters. The summed E-state index contributed by atoms with van der Waals surface area (Å²) in [5, 5.41) is 3.55. The molecule has 0 saturated heterocycles. The first-order chi connectivity index (χ1) is 7.24. The van der Waals surface area contributed by atoms with E-state index in [1.54, 1.807) is 0 Å². The topological polar surface area (TPSA) is 12.0 Å². The van der Waals surface area contributed by atoms with Crippen LogP contribution in [0.5, 0.6) is 0 Å². The fraction of sp³-hybridized carbons (Fsp3) is 0.538. The number of hydrogen-bond donors (Lipinski definition) is 1. The van der Waals surface area contributed by atoms with Gasteiger partial charge in [-0.05, 0) is 31.6 Å². The van der Waals surface area contributed by atoms with Gasteiger partial charge in [-0.1, -0.05) is 29.8 Å². The smallest absolute Gasteiger partial charge is 0.0282 e. The second-order valence-corrected chi connectivity index (χ2v) is 5.75. The monoisotopic (exact) mass is 221 g/mol. The van der Waals surface area contributed by atoms with Crippen molar-refractivity contribution in [1.82, 2.24) is 5.32 Å². The van der Waals surface area contributed by atoms with Crippen molar-refractivity contribution in [3.8, 4) is 0 Å². The Hall–Kier alpha value is -0.470. The van der Waals surface area contributed by atoms with Crippen molar-refractivity contribution in [2.24, 2.45) is 0 Å². The summed E-state index contributed by atoms with van der Waals surface area (Å²) in [5.74, 6) is 0. The van der Waals surface area contributed by atoms with Crippen LogP contribution >= 0.6 is 11.8 Å². The van der Waals surface area contributed by atoms with Crippen molar-refractivity contribution < 1.29 is 0 Å². The molecule has 2 heteroatoms. The summed E-state index contributed by atoms with van der Waals surface area (Å²) in [6, 6.07) is 8.78. The van der Waals surface area contributed by atoms with Gasteiger partial charge >= 0.3 is 0 Å². The molecule has 0 aliphatic heterocycles. The third kappa shape index (κ3) is 2.99. The van der Waals surface area contributed by atoms with Crippen molar-refractivity contribution >= 4 is 11.8 Å². The molecule has 1 aliphatic rings. The number of benzene rings is 1. The lowest BCUT2D eigenvalue weighted by atomic mass is 10.1. The minimum absolute atomic E-state index is 0.574. The molecule has 0 spiro atoms. The molecule has 0 atom stereocenters. The van der Waals surface area contributed by atoms with Gasteiger partial charge in [0, 0.05) is 17.8 Å². The fourth-order valence-electron chi connectivity index (χ4n) is 1.73. The van der Waals surface area contributed by atoms with Gasteiger partial charge in [0.05, 0.1) is 0 Å². The Balaban J connectivity index is 1.76. The molecule has 1 nitrogen and oxygen atoms in total. The van der Waals surface area contributed by atoms with E-state index in [0.717, 1.165) is 13.1 Å². The number of hydrogen-bond acceptors (Lipinski definition) is 2. The standard InChI is InChI=1S/C13H19NS/c1-11-3-5-12(6-4-11)9-14-10-13(15-2)7-8-13/h3-6,14H,7-10H2,1-2H3.